The van der Waals surface area contributed by atoms with Crippen molar-refractivity contribution >= 4 is 59.7 Å². The summed E-state index contributed by atoms with van der Waals surface area (Å²) < 4.78 is 1.57. The topological polar surface area (TPSA) is 69.1 Å². The molecule has 2 aromatic heterocycles. The van der Waals surface area contributed by atoms with E-state index in [2.05, 4.69) is 52.3 Å². The Bertz CT molecular complexity index is 666. The molecule has 3 rings (SSSR count). The van der Waals surface area contributed by atoms with Gasteiger partial charge in [0, 0.05) is 42.6 Å². The van der Waals surface area contributed by atoms with Crippen molar-refractivity contribution in [1.29, 1.82) is 0 Å². The van der Waals surface area contributed by atoms with Crippen LogP contribution in [-0.4, -0.2) is 19.6 Å². The Morgan fingerprint density at radius 1 is 1.11 bits per heavy atom. The fourth-order valence-corrected chi connectivity index (χ4v) is 1.68. The summed E-state index contributed by atoms with van der Waals surface area (Å²) in [4.78, 5) is 8.59. The van der Waals surface area contributed by atoms with Crippen molar-refractivity contribution in [3.63, 3.8) is 0 Å². The summed E-state index contributed by atoms with van der Waals surface area (Å²) in [6, 6.07) is 7.75. The fourth-order valence-electron chi connectivity index (χ4n) is 1.68. The molecule has 0 spiro atoms. The molecule has 102 valence electrons. The van der Waals surface area contributed by atoms with Crippen molar-refractivity contribution in [3.8, 4) is 0 Å². The number of benzene rings is 1. The molecule has 19 heavy (non-hydrogen) atoms. The quantitative estimate of drug-likeness (QED) is 0.492. The molecule has 2 N–H and O–H groups in total. The number of halogens is 2. The van der Waals surface area contributed by atoms with Crippen LogP contribution in [0.15, 0.2) is 24.3 Å². The van der Waals surface area contributed by atoms with Gasteiger partial charge in [-0.25, -0.2) is 9.97 Å². The van der Waals surface area contributed by atoms with Gasteiger partial charge < -0.3 is 5.73 Å². The van der Waals surface area contributed by atoms with E-state index in [9.17, 15) is 0 Å². The SMILES string of the molecule is CC.Cc1nc2c3ccccc3nc(N)n2n1.II. The van der Waals surface area contributed by atoms with Crippen LogP contribution in [0.5, 0.6) is 0 Å². The van der Waals surface area contributed by atoms with Crippen molar-refractivity contribution in [2.24, 2.45) is 0 Å². The maximum absolute atomic E-state index is 5.78. The Balaban J connectivity index is 0.000000415. The first-order valence-corrected chi connectivity index (χ1v) is 12.1. The number of rotatable bonds is 0. The van der Waals surface area contributed by atoms with E-state index in [-0.39, 0.29) is 0 Å². The van der Waals surface area contributed by atoms with E-state index < -0.39 is 0 Å². The molecule has 3 aromatic rings. The van der Waals surface area contributed by atoms with Gasteiger partial charge in [0.1, 0.15) is 5.82 Å². The summed E-state index contributed by atoms with van der Waals surface area (Å²) >= 11 is 4.24. The van der Waals surface area contributed by atoms with Crippen LogP contribution in [0.25, 0.3) is 16.6 Å². The maximum Gasteiger partial charge on any atom is 0.223 e. The second-order valence-electron chi connectivity index (χ2n) is 3.38. The number of hydrogen-bond donors (Lipinski definition) is 1. The average Bonchev–Trinajstić information content (AvgIpc) is 2.86. The van der Waals surface area contributed by atoms with E-state index in [1.807, 2.05) is 45.0 Å². The third kappa shape index (κ3) is 3.44. The summed E-state index contributed by atoms with van der Waals surface area (Å²) in [6.45, 7) is 5.83. The molecule has 0 aliphatic rings. The summed E-state index contributed by atoms with van der Waals surface area (Å²) in [6.07, 6.45) is 0. The summed E-state index contributed by atoms with van der Waals surface area (Å²) in [5.74, 6) is 1.06. The minimum atomic E-state index is 0.365. The molecule has 0 saturated carbocycles. The van der Waals surface area contributed by atoms with Gasteiger partial charge >= 0.3 is 0 Å². The van der Waals surface area contributed by atoms with Gasteiger partial charge in [-0.2, -0.15) is 4.52 Å². The molecule has 7 heteroatoms. The van der Waals surface area contributed by atoms with Crippen LogP contribution < -0.4 is 5.73 Å². The molecule has 0 fully saturated rings. The number of fused-ring (bicyclic) bond motifs is 3. The highest BCUT2D eigenvalue weighted by molar-refractivity contribution is 15.0. The van der Waals surface area contributed by atoms with Gasteiger partial charge in [-0.1, -0.05) is 26.0 Å². The molecular formula is C12H15I2N5. The third-order valence-corrected chi connectivity index (χ3v) is 2.31. The van der Waals surface area contributed by atoms with Gasteiger partial charge in [0.2, 0.25) is 5.95 Å². The van der Waals surface area contributed by atoms with Crippen molar-refractivity contribution in [2.75, 3.05) is 5.73 Å². The molecule has 2 heterocycles. The lowest BCUT2D eigenvalue weighted by molar-refractivity contribution is 0.923. The minimum Gasteiger partial charge on any atom is -0.368 e. The van der Waals surface area contributed by atoms with Crippen molar-refractivity contribution in [2.45, 2.75) is 20.8 Å². The van der Waals surface area contributed by atoms with Gasteiger partial charge in [-0.05, 0) is 19.1 Å². The second kappa shape index (κ2) is 7.78. The predicted molar refractivity (Wildman–Crippen MR) is 96.8 cm³/mol. The van der Waals surface area contributed by atoms with Crippen molar-refractivity contribution in [3.05, 3.63) is 30.1 Å². The minimum absolute atomic E-state index is 0.365. The lowest BCUT2D eigenvalue weighted by Crippen LogP contribution is -2.02. The molecule has 0 saturated heterocycles. The molecule has 0 unspecified atom stereocenters. The monoisotopic (exact) mass is 483 g/mol. The van der Waals surface area contributed by atoms with Crippen molar-refractivity contribution < 1.29 is 0 Å². The van der Waals surface area contributed by atoms with E-state index >= 15 is 0 Å². The number of nitrogen functional groups attached to an aromatic ring is 1. The van der Waals surface area contributed by atoms with Crippen LogP contribution in [-0.2, 0) is 0 Å². The van der Waals surface area contributed by atoms with Gasteiger partial charge in [0.15, 0.2) is 5.65 Å². The van der Waals surface area contributed by atoms with Crippen molar-refractivity contribution in [1.82, 2.24) is 19.6 Å². The summed E-state index contributed by atoms with van der Waals surface area (Å²) in [5.41, 5.74) is 7.39. The summed E-state index contributed by atoms with van der Waals surface area (Å²) in [7, 11) is 0. The van der Waals surface area contributed by atoms with Crippen LogP contribution in [0, 0.1) is 6.92 Å². The first kappa shape index (κ1) is 16.3. The molecule has 0 radical (unpaired) electrons. The number of aryl methyl sites for hydroxylation is 1. The highest BCUT2D eigenvalue weighted by Gasteiger charge is 2.08. The summed E-state index contributed by atoms with van der Waals surface area (Å²) in [5, 5.41) is 5.15. The van der Waals surface area contributed by atoms with Gasteiger partial charge in [-0.15, -0.1) is 5.10 Å². The Morgan fingerprint density at radius 3 is 2.42 bits per heavy atom. The third-order valence-electron chi connectivity index (χ3n) is 2.31. The lowest BCUT2D eigenvalue weighted by Gasteiger charge is -2.00. The number of nitrogens with zero attached hydrogens (tertiary/aromatic N) is 4. The van der Waals surface area contributed by atoms with Crippen LogP contribution in [0.3, 0.4) is 0 Å². The number of hydrogen-bond acceptors (Lipinski definition) is 4. The Kier molecular flexibility index (Phi) is 6.69. The Hall–Kier alpha value is -0.710. The lowest BCUT2D eigenvalue weighted by atomic mass is 10.2. The largest absolute Gasteiger partial charge is 0.368 e. The van der Waals surface area contributed by atoms with E-state index in [1.54, 1.807) is 4.52 Å². The van der Waals surface area contributed by atoms with E-state index in [4.69, 9.17) is 5.73 Å². The van der Waals surface area contributed by atoms with E-state index in [0.717, 1.165) is 16.6 Å². The Labute approximate surface area is 135 Å². The van der Waals surface area contributed by atoms with Crippen LogP contribution in [0.4, 0.5) is 5.95 Å². The van der Waals surface area contributed by atoms with E-state index in [0.29, 0.717) is 11.8 Å². The Morgan fingerprint density at radius 2 is 1.74 bits per heavy atom. The van der Waals surface area contributed by atoms with Gasteiger partial charge in [0.25, 0.3) is 0 Å². The highest BCUT2D eigenvalue weighted by Crippen LogP contribution is 2.18. The first-order chi connectivity index (χ1) is 9.25. The predicted octanol–water partition coefficient (Wildman–Crippen LogP) is 3.97. The number of aromatic nitrogens is 4. The van der Waals surface area contributed by atoms with E-state index in [1.165, 1.54) is 0 Å². The second-order valence-corrected chi connectivity index (χ2v) is 3.38. The fraction of sp³-hybridized carbons (Fsp3) is 0.250. The highest BCUT2D eigenvalue weighted by atomic mass is 128. The molecule has 0 amide bonds. The van der Waals surface area contributed by atoms with Gasteiger partial charge in [0.05, 0.1) is 5.52 Å². The maximum atomic E-state index is 5.78. The number of nitrogens with two attached hydrogens (primary N) is 1. The molecule has 0 aliphatic carbocycles. The van der Waals surface area contributed by atoms with Crippen LogP contribution in [0.2, 0.25) is 0 Å². The number of para-hydroxylation sites is 1. The van der Waals surface area contributed by atoms with Gasteiger partial charge in [-0.3, -0.25) is 0 Å². The zero-order valence-electron chi connectivity index (χ0n) is 10.9. The molecule has 0 atom stereocenters. The molecule has 5 nitrogen and oxygen atoms in total. The molecule has 0 aliphatic heterocycles. The van der Waals surface area contributed by atoms with Crippen LogP contribution >= 0.6 is 37.2 Å². The smallest absolute Gasteiger partial charge is 0.223 e. The number of anilines is 1. The zero-order valence-corrected chi connectivity index (χ0v) is 15.2. The molecule has 0 bridgehead atoms. The van der Waals surface area contributed by atoms with Crippen LogP contribution in [0.1, 0.15) is 19.7 Å². The molecular weight excluding hydrogens is 468 g/mol. The molecule has 1 aromatic carbocycles. The standard InChI is InChI=1S/C10H9N5.C2H6.I2/c1-6-12-9-7-4-2-3-5-8(7)13-10(11)15(9)14-6;2*1-2/h2-5H,1H3,(H2,11,13);1-2H3;. The normalized spacial score (nSPS) is 9.53. The average molecular weight is 483 g/mol. The zero-order chi connectivity index (χ0) is 14.4. The first-order valence-electron chi connectivity index (χ1n) is 5.77.